The molecule has 1 aliphatic carbocycles. The Hall–Kier alpha value is -3.71. The highest BCUT2D eigenvalue weighted by Crippen LogP contribution is 2.29. The van der Waals surface area contributed by atoms with E-state index in [1.807, 2.05) is 69.4 Å². The van der Waals surface area contributed by atoms with Gasteiger partial charge in [-0.15, -0.1) is 12.3 Å². The van der Waals surface area contributed by atoms with Gasteiger partial charge in [0.15, 0.2) is 0 Å². The van der Waals surface area contributed by atoms with E-state index in [4.69, 9.17) is 6.42 Å². The number of rotatable bonds is 20. The van der Waals surface area contributed by atoms with Crippen molar-refractivity contribution in [2.24, 2.45) is 17.8 Å². The van der Waals surface area contributed by atoms with Crippen molar-refractivity contribution in [3.63, 3.8) is 0 Å². The molecule has 1 unspecified atom stereocenters. The average Bonchev–Trinajstić information content (AvgIpc) is 3.10. The number of carbonyl (C=O) groups excluding carboxylic acids is 3. The molecule has 0 spiro atoms. The second kappa shape index (κ2) is 21.5. The van der Waals surface area contributed by atoms with Crippen LogP contribution >= 0.6 is 0 Å². The van der Waals surface area contributed by atoms with E-state index >= 15 is 0 Å². The molecular formula is C41H60N4O5. The van der Waals surface area contributed by atoms with Gasteiger partial charge in [-0.25, -0.2) is 0 Å². The Kier molecular flexibility index (Phi) is 17.5. The van der Waals surface area contributed by atoms with Crippen molar-refractivity contribution in [1.82, 2.24) is 20.4 Å². The van der Waals surface area contributed by atoms with Crippen LogP contribution in [0.15, 0.2) is 60.7 Å². The lowest BCUT2D eigenvalue weighted by Crippen LogP contribution is -2.56. The minimum absolute atomic E-state index is 0.0333. The first-order chi connectivity index (χ1) is 24.0. The van der Waals surface area contributed by atoms with Crippen LogP contribution < -0.4 is 10.6 Å². The van der Waals surface area contributed by atoms with Crippen LogP contribution in [0, 0.1) is 30.1 Å². The molecule has 274 valence electrons. The molecule has 5 atom stereocenters. The second-order valence-corrected chi connectivity index (χ2v) is 14.6. The number of terminal acetylenes is 1. The number of hydrogen-bond donors (Lipinski definition) is 4. The molecule has 9 heteroatoms. The first-order valence-electron chi connectivity index (χ1n) is 18.4. The zero-order valence-corrected chi connectivity index (χ0v) is 30.6. The summed E-state index contributed by atoms with van der Waals surface area (Å²) in [6, 6.07) is 17.9. The molecule has 3 rings (SSSR count). The largest absolute Gasteiger partial charge is 0.390 e. The number of nitrogens with zero attached hydrogens (tertiary/aromatic N) is 2. The van der Waals surface area contributed by atoms with Crippen molar-refractivity contribution in [3.05, 3.63) is 71.8 Å². The summed E-state index contributed by atoms with van der Waals surface area (Å²) in [7, 11) is 3.76. The molecule has 3 amide bonds. The SMILES string of the molecule is C#CC[C@H](NC(=O)C(CC(=O)N(C)CCN(C)Cc1ccccc1)Cc1ccccc1)C(=O)N[C@@H](CC1CCCCC1)[C@@H](O)[C@@H](O)CC(C)C. The maximum atomic E-state index is 13.9. The minimum Gasteiger partial charge on any atom is -0.390 e. The lowest BCUT2D eigenvalue weighted by molar-refractivity contribution is -0.137. The van der Waals surface area contributed by atoms with E-state index in [0.29, 0.717) is 38.3 Å². The van der Waals surface area contributed by atoms with Crippen LogP contribution in [0.25, 0.3) is 0 Å². The van der Waals surface area contributed by atoms with Crippen LogP contribution in [0.1, 0.15) is 82.8 Å². The van der Waals surface area contributed by atoms with Gasteiger partial charge in [0.05, 0.1) is 18.1 Å². The molecule has 0 aliphatic heterocycles. The molecule has 1 saturated carbocycles. The van der Waals surface area contributed by atoms with Gasteiger partial charge in [-0.05, 0) is 49.3 Å². The predicted octanol–water partition coefficient (Wildman–Crippen LogP) is 4.56. The van der Waals surface area contributed by atoms with Crippen molar-refractivity contribution in [2.75, 3.05) is 27.2 Å². The van der Waals surface area contributed by atoms with Gasteiger partial charge in [-0.3, -0.25) is 14.4 Å². The Labute approximate surface area is 300 Å². The zero-order chi connectivity index (χ0) is 36.5. The second-order valence-electron chi connectivity index (χ2n) is 14.6. The maximum absolute atomic E-state index is 13.9. The standard InChI is InChI=1S/C41H60N4O5/c1-6-16-35(41(50)43-36(27-32-19-12-8-13-20-32)39(48)37(46)25-30(2)3)42-40(49)34(26-31-17-10-7-11-18-31)28-38(47)45(5)24-23-44(4)29-33-21-14-9-15-22-33/h1,7,9-11,14-15,17-18,21-22,30,32,34-37,39,46,48H,8,12-13,16,19-20,23-29H2,2-5H3,(H,42,49)(H,43,50)/t34?,35-,36-,37-,39+/m0/s1. The lowest BCUT2D eigenvalue weighted by atomic mass is 9.82. The molecule has 0 heterocycles. The summed E-state index contributed by atoms with van der Waals surface area (Å²) in [5.41, 5.74) is 2.09. The third-order valence-corrected chi connectivity index (χ3v) is 9.77. The highest BCUT2D eigenvalue weighted by atomic mass is 16.3. The van der Waals surface area contributed by atoms with Crippen LogP contribution in [0.3, 0.4) is 0 Å². The Bertz CT molecular complexity index is 1340. The van der Waals surface area contributed by atoms with Gasteiger partial charge in [0.25, 0.3) is 0 Å². The van der Waals surface area contributed by atoms with E-state index < -0.39 is 42.0 Å². The summed E-state index contributed by atoms with van der Waals surface area (Å²) in [4.78, 5) is 44.9. The number of hydrogen-bond acceptors (Lipinski definition) is 6. The van der Waals surface area contributed by atoms with Crippen molar-refractivity contribution in [3.8, 4) is 12.3 Å². The molecule has 50 heavy (non-hydrogen) atoms. The monoisotopic (exact) mass is 688 g/mol. The number of benzene rings is 2. The number of likely N-dealkylation sites (N-methyl/N-ethyl adjacent to an activating group) is 2. The van der Waals surface area contributed by atoms with E-state index in [2.05, 4.69) is 33.6 Å². The molecule has 0 bridgehead atoms. The molecule has 9 nitrogen and oxygen atoms in total. The normalized spacial score (nSPS) is 16.5. The predicted molar refractivity (Wildman–Crippen MR) is 199 cm³/mol. The van der Waals surface area contributed by atoms with Gasteiger partial charge < -0.3 is 30.6 Å². The molecule has 2 aromatic rings. The minimum atomic E-state index is -1.16. The average molecular weight is 689 g/mol. The molecule has 0 aromatic heterocycles. The molecule has 0 radical (unpaired) electrons. The Balaban J connectivity index is 1.70. The third-order valence-electron chi connectivity index (χ3n) is 9.77. The summed E-state index contributed by atoms with van der Waals surface area (Å²) in [5, 5.41) is 27.9. The molecule has 0 saturated heterocycles. The summed E-state index contributed by atoms with van der Waals surface area (Å²) in [5.74, 6) is 1.16. The van der Waals surface area contributed by atoms with Gasteiger partial charge in [0.2, 0.25) is 17.7 Å². The number of aliphatic hydroxyl groups excluding tert-OH is 2. The van der Waals surface area contributed by atoms with E-state index in [0.717, 1.165) is 37.8 Å². The van der Waals surface area contributed by atoms with Crippen LogP contribution in [0.2, 0.25) is 0 Å². The van der Waals surface area contributed by atoms with Gasteiger partial charge in [-0.2, -0.15) is 0 Å². The fourth-order valence-corrected chi connectivity index (χ4v) is 6.80. The Morgan fingerprint density at radius 2 is 1.50 bits per heavy atom. The topological polar surface area (TPSA) is 122 Å². The summed E-state index contributed by atoms with van der Waals surface area (Å²) in [6.07, 6.45) is 10.1. The summed E-state index contributed by atoms with van der Waals surface area (Å²) in [6.45, 7) is 5.87. The first-order valence-corrected chi connectivity index (χ1v) is 18.4. The molecule has 1 aliphatic rings. The van der Waals surface area contributed by atoms with E-state index in [1.54, 1.807) is 11.9 Å². The maximum Gasteiger partial charge on any atom is 0.243 e. The molecule has 1 fully saturated rings. The van der Waals surface area contributed by atoms with Crippen LogP contribution in [-0.4, -0.2) is 89.2 Å². The van der Waals surface area contributed by atoms with Crippen LogP contribution in [0.5, 0.6) is 0 Å². The highest BCUT2D eigenvalue weighted by Gasteiger charge is 2.34. The van der Waals surface area contributed by atoms with E-state index in [-0.39, 0.29) is 24.7 Å². The van der Waals surface area contributed by atoms with E-state index in [9.17, 15) is 24.6 Å². The van der Waals surface area contributed by atoms with Crippen LogP contribution in [-0.2, 0) is 27.3 Å². The third kappa shape index (κ3) is 14.3. The van der Waals surface area contributed by atoms with Gasteiger partial charge in [0, 0.05) is 39.5 Å². The Morgan fingerprint density at radius 3 is 2.10 bits per heavy atom. The molecular weight excluding hydrogens is 628 g/mol. The smallest absolute Gasteiger partial charge is 0.243 e. The number of aliphatic hydroxyl groups is 2. The summed E-state index contributed by atoms with van der Waals surface area (Å²) >= 11 is 0. The lowest BCUT2D eigenvalue weighted by Gasteiger charge is -2.33. The number of carbonyl (C=O) groups is 3. The van der Waals surface area contributed by atoms with Gasteiger partial charge >= 0.3 is 0 Å². The van der Waals surface area contributed by atoms with Gasteiger partial charge in [0.1, 0.15) is 12.1 Å². The van der Waals surface area contributed by atoms with Crippen molar-refractivity contribution >= 4 is 17.7 Å². The van der Waals surface area contributed by atoms with Crippen LogP contribution in [0.4, 0.5) is 0 Å². The first kappa shape index (κ1) is 40.7. The van der Waals surface area contributed by atoms with Crippen molar-refractivity contribution in [2.45, 2.75) is 109 Å². The fourth-order valence-electron chi connectivity index (χ4n) is 6.80. The number of amides is 3. The Morgan fingerprint density at radius 1 is 0.880 bits per heavy atom. The molecule has 2 aromatic carbocycles. The van der Waals surface area contributed by atoms with E-state index in [1.165, 1.54) is 12.0 Å². The quantitative estimate of drug-likeness (QED) is 0.152. The zero-order valence-electron chi connectivity index (χ0n) is 30.6. The van der Waals surface area contributed by atoms with Crippen molar-refractivity contribution in [1.29, 1.82) is 0 Å². The van der Waals surface area contributed by atoms with Gasteiger partial charge in [-0.1, -0.05) is 107 Å². The molecule has 4 N–H and O–H groups in total. The summed E-state index contributed by atoms with van der Waals surface area (Å²) < 4.78 is 0. The van der Waals surface area contributed by atoms with Crippen molar-refractivity contribution < 1.29 is 24.6 Å². The highest BCUT2D eigenvalue weighted by molar-refractivity contribution is 5.91. The fraction of sp³-hybridized carbons (Fsp3) is 0.585. The number of nitrogens with one attached hydrogen (secondary N) is 2.